The lowest BCUT2D eigenvalue weighted by atomic mass is 9.86. The van der Waals surface area contributed by atoms with Crippen LogP contribution in [0.2, 0.25) is 0 Å². The first-order valence-corrected chi connectivity index (χ1v) is 11.0. The molecule has 0 radical (unpaired) electrons. The topological polar surface area (TPSA) is 86.5 Å². The van der Waals surface area contributed by atoms with E-state index in [0.717, 1.165) is 41.5 Å². The van der Waals surface area contributed by atoms with Crippen molar-refractivity contribution < 1.29 is 14.3 Å². The fraction of sp³-hybridized carbons (Fsp3) is 0.440. The van der Waals surface area contributed by atoms with Crippen LogP contribution in [-0.4, -0.2) is 24.1 Å². The van der Waals surface area contributed by atoms with Gasteiger partial charge >= 0.3 is 0 Å². The number of anilines is 1. The van der Waals surface area contributed by atoms with Crippen LogP contribution in [0.15, 0.2) is 31.1 Å². The van der Waals surface area contributed by atoms with Gasteiger partial charge in [-0.05, 0) is 60.6 Å². The van der Waals surface area contributed by atoms with Crippen LogP contribution in [-0.2, 0) is 6.42 Å². The number of amides is 1. The number of nitrogens with zero attached hydrogens (tertiary/aromatic N) is 1. The highest BCUT2D eigenvalue weighted by atomic mass is 16.5. The van der Waals surface area contributed by atoms with Crippen molar-refractivity contribution >= 4 is 11.6 Å². The molecular weight excluding hydrogens is 390 g/mol. The molecule has 166 valence electrons. The van der Waals surface area contributed by atoms with Crippen molar-refractivity contribution in [2.75, 3.05) is 18.5 Å². The maximum Gasteiger partial charge on any atom is 0.254 e. The fourth-order valence-electron chi connectivity index (χ4n) is 3.88. The molecule has 1 aliphatic heterocycles. The number of hydrogen-bond donors (Lipinski definition) is 2. The van der Waals surface area contributed by atoms with Crippen LogP contribution < -0.4 is 20.5 Å². The van der Waals surface area contributed by atoms with Gasteiger partial charge in [-0.1, -0.05) is 34.3 Å². The minimum absolute atomic E-state index is 0.169. The van der Waals surface area contributed by atoms with Crippen molar-refractivity contribution in [2.24, 2.45) is 11.7 Å². The van der Waals surface area contributed by atoms with Gasteiger partial charge in [0, 0.05) is 17.3 Å². The van der Waals surface area contributed by atoms with E-state index in [-0.39, 0.29) is 5.92 Å². The minimum Gasteiger partial charge on any atom is -0.492 e. The summed E-state index contributed by atoms with van der Waals surface area (Å²) in [5.41, 5.74) is 10.9. The molecular formula is C25H33N3O3. The molecule has 0 aliphatic carbocycles. The van der Waals surface area contributed by atoms with Crippen LogP contribution in [0.25, 0.3) is 11.1 Å². The number of primary amides is 1. The highest BCUT2D eigenvalue weighted by Gasteiger charge is 2.26. The summed E-state index contributed by atoms with van der Waals surface area (Å²) in [5, 5.41) is 3.18. The molecule has 1 amide bonds. The fourth-order valence-corrected chi connectivity index (χ4v) is 3.88. The molecule has 0 bridgehead atoms. The van der Waals surface area contributed by atoms with E-state index in [9.17, 15) is 4.79 Å². The molecule has 1 atom stereocenters. The summed E-state index contributed by atoms with van der Waals surface area (Å²) in [6, 6.07) is 4.07. The third kappa shape index (κ3) is 4.84. The van der Waals surface area contributed by atoms with Gasteiger partial charge in [0.1, 0.15) is 11.3 Å². The van der Waals surface area contributed by atoms with Gasteiger partial charge in [0.2, 0.25) is 5.88 Å². The van der Waals surface area contributed by atoms with Crippen LogP contribution in [0.5, 0.6) is 11.6 Å². The van der Waals surface area contributed by atoms with Crippen LogP contribution in [0, 0.1) is 5.92 Å². The standard InChI is InChI=1S/C25H33N3O3/c1-6-16(5)21-19(18-11-17-9-8-10-30-25(17)28-13-18)12-20(31-14-15(3)4)22(24(26)29)23(21)27-7-2/h7,11-13,15-16,27H,2,6,8-10,14H2,1,3-5H3,(H2,26,29). The zero-order chi connectivity index (χ0) is 22.5. The first kappa shape index (κ1) is 22.7. The predicted octanol–water partition coefficient (Wildman–Crippen LogP) is 5.28. The number of pyridine rings is 1. The van der Waals surface area contributed by atoms with Gasteiger partial charge in [0.15, 0.2) is 0 Å². The summed E-state index contributed by atoms with van der Waals surface area (Å²) in [7, 11) is 0. The average Bonchev–Trinajstić information content (AvgIpc) is 2.76. The van der Waals surface area contributed by atoms with E-state index in [1.54, 1.807) is 6.20 Å². The Balaban J connectivity index is 2.29. The Hall–Kier alpha value is -3.02. The van der Waals surface area contributed by atoms with E-state index in [1.807, 2.05) is 12.3 Å². The average molecular weight is 424 g/mol. The van der Waals surface area contributed by atoms with Gasteiger partial charge in [0.25, 0.3) is 5.91 Å². The van der Waals surface area contributed by atoms with Gasteiger partial charge in [0.05, 0.1) is 18.9 Å². The molecule has 0 fully saturated rings. The van der Waals surface area contributed by atoms with Gasteiger partial charge in [-0.3, -0.25) is 4.79 Å². The first-order chi connectivity index (χ1) is 14.9. The molecule has 31 heavy (non-hydrogen) atoms. The quantitative estimate of drug-likeness (QED) is 0.573. The number of carbonyl (C=O) groups excluding carboxylic acids is 1. The van der Waals surface area contributed by atoms with E-state index in [1.165, 1.54) is 0 Å². The number of fused-ring (bicyclic) bond motifs is 1. The predicted molar refractivity (Wildman–Crippen MR) is 125 cm³/mol. The number of nitrogens with one attached hydrogen (secondary N) is 1. The van der Waals surface area contributed by atoms with Crippen LogP contribution >= 0.6 is 0 Å². The molecule has 6 heteroatoms. The third-order valence-electron chi connectivity index (χ3n) is 5.57. The Labute approximate surface area is 184 Å². The van der Waals surface area contributed by atoms with Gasteiger partial charge in [-0.15, -0.1) is 0 Å². The zero-order valence-corrected chi connectivity index (χ0v) is 19.0. The van der Waals surface area contributed by atoms with Gasteiger partial charge < -0.3 is 20.5 Å². The molecule has 0 saturated heterocycles. The maximum atomic E-state index is 12.5. The van der Waals surface area contributed by atoms with Crippen LogP contribution in [0.4, 0.5) is 5.69 Å². The number of nitrogens with two attached hydrogens (primary N) is 1. The summed E-state index contributed by atoms with van der Waals surface area (Å²) in [6.45, 7) is 13.4. The summed E-state index contributed by atoms with van der Waals surface area (Å²) in [5.74, 6) is 1.12. The van der Waals surface area contributed by atoms with Crippen molar-refractivity contribution in [1.29, 1.82) is 0 Å². The lowest BCUT2D eigenvalue weighted by molar-refractivity contribution is 0.0996. The second kappa shape index (κ2) is 9.86. The largest absolute Gasteiger partial charge is 0.492 e. The number of ether oxygens (including phenoxy) is 2. The highest BCUT2D eigenvalue weighted by Crippen LogP contribution is 2.44. The summed E-state index contributed by atoms with van der Waals surface area (Å²) in [6.07, 6.45) is 6.21. The smallest absolute Gasteiger partial charge is 0.254 e. The van der Waals surface area contributed by atoms with E-state index in [0.29, 0.717) is 42.0 Å². The number of aromatic nitrogens is 1. The van der Waals surface area contributed by atoms with E-state index in [2.05, 4.69) is 50.6 Å². The monoisotopic (exact) mass is 423 g/mol. The molecule has 3 N–H and O–H groups in total. The molecule has 1 aromatic heterocycles. The molecule has 0 spiro atoms. The molecule has 3 rings (SSSR count). The molecule has 2 aromatic rings. The summed E-state index contributed by atoms with van der Waals surface area (Å²) >= 11 is 0. The van der Waals surface area contributed by atoms with E-state index in [4.69, 9.17) is 15.2 Å². The Morgan fingerprint density at radius 3 is 2.81 bits per heavy atom. The maximum absolute atomic E-state index is 12.5. The van der Waals surface area contributed by atoms with Crippen LogP contribution in [0.1, 0.15) is 67.9 Å². The SMILES string of the molecule is C=CNc1c(C(N)=O)c(OCC(C)C)cc(-c2cnc3c(c2)CCCO3)c1C(C)CC. The highest BCUT2D eigenvalue weighted by molar-refractivity contribution is 6.04. The van der Waals surface area contributed by atoms with Crippen molar-refractivity contribution in [1.82, 2.24) is 4.98 Å². The van der Waals surface area contributed by atoms with Gasteiger partial charge in [-0.25, -0.2) is 4.98 Å². The molecule has 2 heterocycles. The Kier molecular flexibility index (Phi) is 7.21. The number of benzene rings is 1. The van der Waals surface area contributed by atoms with Gasteiger partial charge in [-0.2, -0.15) is 0 Å². The lowest BCUT2D eigenvalue weighted by Gasteiger charge is -2.25. The van der Waals surface area contributed by atoms with E-state index < -0.39 is 5.91 Å². The van der Waals surface area contributed by atoms with Crippen LogP contribution in [0.3, 0.4) is 0 Å². The molecule has 1 aromatic carbocycles. The summed E-state index contributed by atoms with van der Waals surface area (Å²) in [4.78, 5) is 17.1. The second-order valence-electron chi connectivity index (χ2n) is 8.45. The molecule has 1 aliphatic rings. The Morgan fingerprint density at radius 2 is 2.16 bits per heavy atom. The third-order valence-corrected chi connectivity index (χ3v) is 5.57. The number of hydrogen-bond acceptors (Lipinski definition) is 5. The normalized spacial score (nSPS) is 13.8. The number of aryl methyl sites for hydroxylation is 1. The van der Waals surface area contributed by atoms with Crippen molar-refractivity contribution in [3.05, 3.63) is 47.8 Å². The second-order valence-corrected chi connectivity index (χ2v) is 8.45. The van der Waals surface area contributed by atoms with Crippen molar-refractivity contribution in [2.45, 2.75) is 52.9 Å². The zero-order valence-electron chi connectivity index (χ0n) is 19.0. The Morgan fingerprint density at radius 1 is 1.39 bits per heavy atom. The number of rotatable bonds is 9. The number of carbonyl (C=O) groups is 1. The van der Waals surface area contributed by atoms with Crippen molar-refractivity contribution in [3.8, 4) is 22.8 Å². The molecule has 6 nitrogen and oxygen atoms in total. The van der Waals surface area contributed by atoms with Crippen molar-refractivity contribution in [3.63, 3.8) is 0 Å². The Bertz CT molecular complexity index is 969. The lowest BCUT2D eigenvalue weighted by Crippen LogP contribution is -2.19. The molecule has 1 unspecified atom stereocenters. The first-order valence-electron chi connectivity index (χ1n) is 11.0. The van der Waals surface area contributed by atoms with E-state index >= 15 is 0 Å². The summed E-state index contributed by atoms with van der Waals surface area (Å²) < 4.78 is 11.8. The molecule has 0 saturated carbocycles. The minimum atomic E-state index is -0.531.